The summed E-state index contributed by atoms with van der Waals surface area (Å²) in [5.41, 5.74) is 4.76. The number of aromatic hydroxyl groups is 2. The molecule has 4 aromatic rings. The number of carbonyl (C=O) groups is 6. The summed E-state index contributed by atoms with van der Waals surface area (Å²) >= 11 is 0. The van der Waals surface area contributed by atoms with Crippen molar-refractivity contribution in [2.75, 3.05) is 41.3 Å². The van der Waals surface area contributed by atoms with Crippen LogP contribution in [-0.4, -0.2) is 99.4 Å². The smallest absolute Gasteiger partial charge is 0.417 e. The van der Waals surface area contributed by atoms with Crippen LogP contribution in [0.25, 0.3) is 0 Å². The van der Waals surface area contributed by atoms with E-state index in [0.29, 0.717) is 77.4 Å². The van der Waals surface area contributed by atoms with E-state index in [1.54, 1.807) is 47.4 Å². The fourth-order valence-corrected chi connectivity index (χ4v) is 8.51. The number of hydrogen-bond donors (Lipinski definition) is 6. The number of aryl methyl sites for hydroxylation is 2. The predicted octanol–water partition coefficient (Wildman–Crippen LogP) is 6.35. The number of nitrogens with zero attached hydrogens (tertiary/aromatic N) is 4. The largest absolute Gasteiger partial charge is 0.508 e. The van der Waals surface area contributed by atoms with E-state index in [4.69, 9.17) is 15.6 Å². The molecule has 17 nitrogen and oxygen atoms in total. The molecule has 2 fully saturated rings. The minimum absolute atomic E-state index is 0.0323. The van der Waals surface area contributed by atoms with Crippen LogP contribution in [0.2, 0.25) is 0 Å². The summed E-state index contributed by atoms with van der Waals surface area (Å²) in [4.78, 5) is 83.9. The third kappa shape index (κ3) is 9.25. The van der Waals surface area contributed by atoms with E-state index in [9.17, 15) is 39.0 Å². The second-order valence-corrected chi connectivity index (χ2v) is 16.8. The summed E-state index contributed by atoms with van der Waals surface area (Å²) in [5, 5.41) is 44.0. The normalized spacial score (nSPS) is 16.0. The van der Waals surface area contributed by atoms with Gasteiger partial charge in [-0.3, -0.25) is 50.3 Å². The van der Waals surface area contributed by atoms with Gasteiger partial charge in [0.1, 0.15) is 29.1 Å². The van der Waals surface area contributed by atoms with Gasteiger partial charge in [0.05, 0.1) is 5.56 Å². The molecule has 1 atom stereocenters. The molecule has 0 radical (unpaired) electrons. The number of ketones is 1. The van der Waals surface area contributed by atoms with Crippen molar-refractivity contribution in [1.82, 2.24) is 15.1 Å². The predicted molar refractivity (Wildman–Crippen MR) is 243 cm³/mol. The molecule has 0 aliphatic carbocycles. The van der Waals surface area contributed by atoms with E-state index in [-0.39, 0.29) is 78.0 Å². The van der Waals surface area contributed by atoms with Crippen molar-refractivity contribution in [3.05, 3.63) is 106 Å². The fraction of sp³-hybridized carbons (Fsp3) is 0.333. The molecule has 17 heteroatoms. The molecule has 65 heavy (non-hydrogen) atoms. The number of imide groups is 1. The third-order valence-corrected chi connectivity index (χ3v) is 12.0. The Kier molecular flexibility index (Phi) is 13.0. The Labute approximate surface area is 376 Å². The minimum atomic E-state index is -0.791. The van der Waals surface area contributed by atoms with E-state index in [1.165, 1.54) is 11.0 Å². The monoisotopic (exact) mass is 884 g/mol. The number of phenolic OH excluding ortho intramolecular Hbond substituents is 2. The third-order valence-electron chi connectivity index (χ3n) is 12.0. The van der Waals surface area contributed by atoms with Gasteiger partial charge in [-0.2, -0.15) is 0 Å². The van der Waals surface area contributed by atoms with Crippen molar-refractivity contribution >= 4 is 64.2 Å². The van der Waals surface area contributed by atoms with Crippen molar-refractivity contribution in [3.63, 3.8) is 0 Å². The van der Waals surface area contributed by atoms with Gasteiger partial charge in [-0.1, -0.05) is 26.8 Å². The van der Waals surface area contributed by atoms with Crippen molar-refractivity contribution in [1.29, 1.82) is 10.8 Å². The highest BCUT2D eigenvalue weighted by molar-refractivity contribution is 6.48. The summed E-state index contributed by atoms with van der Waals surface area (Å²) in [5.74, 6) is -3.04. The van der Waals surface area contributed by atoms with Gasteiger partial charge in [-0.15, -0.1) is 0 Å². The molecule has 0 aromatic heterocycles. The number of piperazine rings is 1. The highest BCUT2D eigenvalue weighted by Gasteiger charge is 2.40. The quantitative estimate of drug-likeness (QED) is 0.0551. The first-order valence-corrected chi connectivity index (χ1v) is 21.5. The first-order chi connectivity index (χ1) is 31.0. The highest BCUT2D eigenvalue weighted by atomic mass is 16.6. The minimum Gasteiger partial charge on any atom is -0.508 e. The number of carbonyl (C=O) groups excluding carboxylic acids is 6. The van der Waals surface area contributed by atoms with Gasteiger partial charge in [-0.05, 0) is 104 Å². The molecule has 6 N–H and O–H groups in total. The van der Waals surface area contributed by atoms with Crippen LogP contribution in [0.5, 0.6) is 17.2 Å². The molecule has 7 rings (SSSR count). The Hall–Kier alpha value is -7.56. The van der Waals surface area contributed by atoms with Crippen LogP contribution in [0, 0.1) is 24.7 Å². The number of fused-ring (bicyclic) bond motifs is 1. The second-order valence-electron chi connectivity index (χ2n) is 16.8. The number of benzene rings is 4. The van der Waals surface area contributed by atoms with Crippen molar-refractivity contribution < 1.29 is 43.7 Å². The Bertz CT molecular complexity index is 2610. The lowest BCUT2D eigenvalue weighted by atomic mass is 9.97. The van der Waals surface area contributed by atoms with Crippen LogP contribution in [0.15, 0.2) is 66.7 Å². The van der Waals surface area contributed by atoms with E-state index in [0.717, 1.165) is 16.7 Å². The van der Waals surface area contributed by atoms with E-state index >= 15 is 0 Å². The molecule has 4 aromatic carbocycles. The zero-order chi connectivity index (χ0) is 46.9. The average molecular weight is 885 g/mol. The summed E-state index contributed by atoms with van der Waals surface area (Å²) < 4.78 is 5.81. The van der Waals surface area contributed by atoms with Gasteiger partial charge in [0.2, 0.25) is 11.8 Å². The number of piperidine rings is 1. The van der Waals surface area contributed by atoms with E-state index in [2.05, 4.69) is 15.5 Å². The maximum Gasteiger partial charge on any atom is 0.417 e. The Morgan fingerprint density at radius 1 is 0.923 bits per heavy atom. The van der Waals surface area contributed by atoms with Crippen LogP contribution in [0.1, 0.15) is 101 Å². The van der Waals surface area contributed by atoms with Gasteiger partial charge in [0.25, 0.3) is 11.8 Å². The molecule has 0 saturated carbocycles. The van der Waals surface area contributed by atoms with Gasteiger partial charge < -0.3 is 29.6 Å². The molecule has 1 unspecified atom stereocenters. The van der Waals surface area contributed by atoms with Crippen molar-refractivity contribution in [3.8, 4) is 17.2 Å². The van der Waals surface area contributed by atoms with Crippen LogP contribution in [0.4, 0.5) is 21.9 Å². The number of rotatable bonds is 11. The van der Waals surface area contributed by atoms with Gasteiger partial charge in [0, 0.05) is 85.4 Å². The van der Waals surface area contributed by atoms with Gasteiger partial charge in [-0.25, -0.2) is 4.79 Å². The standard InChI is InChI=1S/C48H52N8O9/c1-6-8-38(57)44(50)56(43(49)34-23-33(26(2)3)39(58)24-40(34)59)30-13-11-29(12-14-30)46(62)54-19-17-53(18-20-54)31-21-27(4)42(28(5)22-31)65-48(64)51-36-10-7-9-32-35(36)25-55(47(32)63)37-15-16-41(60)52-45(37)61/h7,9-14,21-24,26,37,49-50,58-59H,6,8,15-20,25H2,1-5H3,(H,51,64)(H,52,60,61). The van der Waals surface area contributed by atoms with E-state index < -0.39 is 29.7 Å². The van der Waals surface area contributed by atoms with Crippen LogP contribution in [0.3, 0.4) is 0 Å². The zero-order valence-corrected chi connectivity index (χ0v) is 36.9. The zero-order valence-electron chi connectivity index (χ0n) is 36.9. The lowest BCUT2D eigenvalue weighted by Gasteiger charge is -2.36. The molecule has 3 aliphatic rings. The fourth-order valence-electron chi connectivity index (χ4n) is 8.51. The van der Waals surface area contributed by atoms with E-state index in [1.807, 2.05) is 46.8 Å². The molecule has 3 heterocycles. The Morgan fingerprint density at radius 2 is 1.60 bits per heavy atom. The van der Waals surface area contributed by atoms with Crippen LogP contribution in [-0.2, 0) is 20.9 Å². The average Bonchev–Trinajstić information content (AvgIpc) is 3.61. The van der Waals surface area contributed by atoms with Crippen LogP contribution < -0.4 is 25.2 Å². The number of ether oxygens (including phenoxy) is 1. The summed E-state index contributed by atoms with van der Waals surface area (Å²) in [6, 6.07) is 16.9. The molecule has 5 amide bonds. The second kappa shape index (κ2) is 18.7. The van der Waals surface area contributed by atoms with Gasteiger partial charge >= 0.3 is 6.09 Å². The topological polar surface area (TPSA) is 237 Å². The molecular weight excluding hydrogens is 833 g/mol. The first kappa shape index (κ1) is 45.5. The number of amidine groups is 2. The SMILES string of the molecule is CCCC(=O)C(=N)N(C(=N)c1cc(C(C)C)c(O)cc1O)c1ccc(C(=O)N2CCN(c3cc(C)c(OC(=O)Nc4cccc5c4CN(C4CCC(=O)NC4=O)C5=O)c(C)c3)CC2)cc1. The lowest BCUT2D eigenvalue weighted by molar-refractivity contribution is -0.137. The molecule has 338 valence electrons. The number of anilines is 3. The number of Topliss-reactive ketones (excluding diaryl/α,β-unsaturated/α-hetero) is 1. The molecule has 2 saturated heterocycles. The molecule has 3 aliphatic heterocycles. The Balaban J connectivity index is 0.985. The molecular formula is C48H52N8O9. The van der Waals surface area contributed by atoms with Crippen LogP contribution >= 0.6 is 0 Å². The van der Waals surface area contributed by atoms with Crippen molar-refractivity contribution in [2.24, 2.45) is 0 Å². The maximum atomic E-state index is 13.8. The highest BCUT2D eigenvalue weighted by Crippen LogP contribution is 2.36. The number of amides is 5. The summed E-state index contributed by atoms with van der Waals surface area (Å²) in [6.45, 7) is 11.1. The number of hydrogen-bond acceptors (Lipinski definition) is 12. The number of nitrogens with one attached hydrogen (secondary N) is 4. The maximum absolute atomic E-state index is 13.8. The summed E-state index contributed by atoms with van der Waals surface area (Å²) in [7, 11) is 0. The van der Waals surface area contributed by atoms with Gasteiger partial charge in [0.15, 0.2) is 11.6 Å². The Morgan fingerprint density at radius 3 is 2.23 bits per heavy atom. The summed E-state index contributed by atoms with van der Waals surface area (Å²) in [6.07, 6.45) is 0.163. The molecule has 0 spiro atoms. The first-order valence-electron chi connectivity index (χ1n) is 21.5. The number of phenols is 2. The van der Waals surface area contributed by atoms with Crippen molar-refractivity contribution in [2.45, 2.75) is 78.8 Å². The molecule has 0 bridgehead atoms. The lowest BCUT2D eigenvalue weighted by Crippen LogP contribution is -2.52.